The fraction of sp³-hybridized carbons (Fsp3) is 0.161. The second-order valence-corrected chi connectivity index (χ2v) is 9.42. The number of hydrogen-bond donors (Lipinski definition) is 2. The lowest BCUT2D eigenvalue weighted by atomic mass is 9.93. The highest BCUT2D eigenvalue weighted by Crippen LogP contribution is 2.45. The number of para-hydroxylation sites is 1. The summed E-state index contributed by atoms with van der Waals surface area (Å²) in [5.41, 5.74) is 6.94. The smallest absolute Gasteiger partial charge is 0.255 e. The van der Waals surface area contributed by atoms with Crippen LogP contribution in [0.3, 0.4) is 0 Å². The van der Waals surface area contributed by atoms with Gasteiger partial charge in [0.05, 0.1) is 24.5 Å². The van der Waals surface area contributed by atoms with Crippen LogP contribution >= 0.6 is 0 Å². The number of amides is 2. The Hall–Kier alpha value is -4.58. The highest BCUT2D eigenvalue weighted by Gasteiger charge is 2.40. The number of nitrogens with one attached hydrogen (secondary N) is 2. The normalized spacial score (nSPS) is 14.8. The zero-order chi connectivity index (χ0) is 25.4. The van der Waals surface area contributed by atoms with Gasteiger partial charge >= 0.3 is 0 Å². The van der Waals surface area contributed by atoms with Crippen molar-refractivity contribution in [2.45, 2.75) is 25.9 Å². The van der Waals surface area contributed by atoms with Gasteiger partial charge in [0.2, 0.25) is 5.91 Å². The van der Waals surface area contributed by atoms with Crippen LogP contribution < -0.4 is 5.32 Å². The minimum absolute atomic E-state index is 0.0560. The van der Waals surface area contributed by atoms with E-state index in [-0.39, 0.29) is 24.3 Å². The minimum Gasteiger partial charge on any atom is -0.467 e. The maximum atomic E-state index is 13.7. The molecule has 2 N–H and O–H groups in total. The third-order valence-electron chi connectivity index (χ3n) is 7.04. The molecule has 0 aliphatic carbocycles. The summed E-state index contributed by atoms with van der Waals surface area (Å²) in [6, 6.07) is 27.7. The number of aryl methyl sites for hydroxylation is 1. The van der Waals surface area contributed by atoms with Gasteiger partial charge in [0.25, 0.3) is 5.91 Å². The largest absolute Gasteiger partial charge is 0.467 e. The molecule has 0 spiro atoms. The first-order valence-electron chi connectivity index (χ1n) is 12.5. The first-order valence-corrected chi connectivity index (χ1v) is 12.5. The van der Waals surface area contributed by atoms with Gasteiger partial charge in [-0.3, -0.25) is 9.59 Å². The molecular weight excluding hydrogens is 462 g/mol. The molecule has 0 bridgehead atoms. The van der Waals surface area contributed by atoms with E-state index in [1.807, 2.05) is 47.4 Å². The van der Waals surface area contributed by atoms with Crippen molar-refractivity contribution in [3.8, 4) is 11.3 Å². The fourth-order valence-electron chi connectivity index (χ4n) is 5.22. The third-order valence-corrected chi connectivity index (χ3v) is 7.04. The Bertz CT molecular complexity index is 1580. The lowest BCUT2D eigenvalue weighted by molar-refractivity contribution is -0.121. The van der Waals surface area contributed by atoms with Gasteiger partial charge in [-0.25, -0.2) is 0 Å². The summed E-state index contributed by atoms with van der Waals surface area (Å²) in [5.74, 6) is 0.508. The summed E-state index contributed by atoms with van der Waals surface area (Å²) in [6.45, 7) is 2.69. The molecule has 1 aliphatic heterocycles. The zero-order valence-electron chi connectivity index (χ0n) is 20.5. The maximum absolute atomic E-state index is 13.7. The lowest BCUT2D eigenvalue weighted by Gasteiger charge is -2.26. The molecule has 0 radical (unpaired) electrons. The molecule has 6 nitrogen and oxygen atoms in total. The summed E-state index contributed by atoms with van der Waals surface area (Å²) < 4.78 is 5.31. The quantitative estimate of drug-likeness (QED) is 0.295. The number of benzene rings is 3. The van der Waals surface area contributed by atoms with Crippen molar-refractivity contribution in [2.24, 2.45) is 0 Å². The van der Waals surface area contributed by atoms with Crippen molar-refractivity contribution in [3.63, 3.8) is 0 Å². The molecule has 0 unspecified atom stereocenters. The number of hydrogen-bond acceptors (Lipinski definition) is 3. The van der Waals surface area contributed by atoms with E-state index < -0.39 is 0 Å². The monoisotopic (exact) mass is 489 g/mol. The maximum Gasteiger partial charge on any atom is 0.255 e. The number of aromatic nitrogens is 1. The number of fused-ring (bicyclic) bond motifs is 2. The SMILES string of the molecule is Cc1ccc(-c2[nH]c3ccccc3c2[C@@H]2c3ccccc3C(=O)N2CCC(=O)NCc2ccco2)cc1. The Morgan fingerprint density at radius 2 is 1.76 bits per heavy atom. The number of H-pyrrole nitrogens is 1. The van der Waals surface area contributed by atoms with Gasteiger partial charge in [-0.15, -0.1) is 0 Å². The Morgan fingerprint density at radius 1 is 0.973 bits per heavy atom. The molecule has 3 aromatic carbocycles. The van der Waals surface area contributed by atoms with E-state index in [1.165, 1.54) is 5.56 Å². The highest BCUT2D eigenvalue weighted by atomic mass is 16.3. The predicted octanol–water partition coefficient (Wildman–Crippen LogP) is 5.99. The van der Waals surface area contributed by atoms with Gasteiger partial charge in [-0.05, 0) is 42.3 Å². The molecule has 1 aliphatic rings. The van der Waals surface area contributed by atoms with Gasteiger partial charge in [0.1, 0.15) is 5.76 Å². The molecule has 0 fully saturated rings. The first-order chi connectivity index (χ1) is 18.1. The van der Waals surface area contributed by atoms with Gasteiger partial charge in [0.15, 0.2) is 0 Å². The van der Waals surface area contributed by atoms with Gasteiger partial charge in [-0.2, -0.15) is 0 Å². The van der Waals surface area contributed by atoms with E-state index in [2.05, 4.69) is 53.6 Å². The molecule has 3 heterocycles. The molecule has 0 saturated heterocycles. The van der Waals surface area contributed by atoms with Crippen LogP contribution in [-0.2, 0) is 11.3 Å². The second-order valence-electron chi connectivity index (χ2n) is 9.42. The zero-order valence-corrected chi connectivity index (χ0v) is 20.5. The average molecular weight is 490 g/mol. The number of carbonyl (C=O) groups excluding carboxylic acids is 2. The van der Waals surface area contributed by atoms with Crippen molar-refractivity contribution in [1.29, 1.82) is 0 Å². The van der Waals surface area contributed by atoms with Crippen molar-refractivity contribution < 1.29 is 14.0 Å². The number of rotatable bonds is 7. The van der Waals surface area contributed by atoms with Crippen molar-refractivity contribution in [2.75, 3.05) is 6.54 Å². The van der Waals surface area contributed by atoms with E-state index in [4.69, 9.17) is 4.42 Å². The predicted molar refractivity (Wildman–Crippen MR) is 143 cm³/mol. The topological polar surface area (TPSA) is 78.3 Å². The van der Waals surface area contributed by atoms with Crippen LogP contribution in [0.15, 0.2) is 95.6 Å². The van der Waals surface area contributed by atoms with E-state index in [0.29, 0.717) is 24.4 Å². The molecule has 184 valence electrons. The summed E-state index contributed by atoms with van der Waals surface area (Å²) in [4.78, 5) is 31.8. The summed E-state index contributed by atoms with van der Waals surface area (Å²) in [5, 5.41) is 3.96. The highest BCUT2D eigenvalue weighted by molar-refractivity contribution is 6.02. The van der Waals surface area contributed by atoms with Crippen LogP contribution in [0, 0.1) is 6.92 Å². The summed E-state index contributed by atoms with van der Waals surface area (Å²) in [6.07, 6.45) is 1.78. The number of furan rings is 1. The Kier molecular flexibility index (Phi) is 5.85. The Morgan fingerprint density at radius 3 is 2.57 bits per heavy atom. The molecule has 6 rings (SSSR count). The van der Waals surface area contributed by atoms with Crippen LogP contribution in [0.1, 0.15) is 45.3 Å². The van der Waals surface area contributed by atoms with Crippen LogP contribution in [0.2, 0.25) is 0 Å². The lowest BCUT2D eigenvalue weighted by Crippen LogP contribution is -2.33. The van der Waals surface area contributed by atoms with Gasteiger partial charge in [-0.1, -0.05) is 66.2 Å². The molecular formula is C31H27N3O3. The second kappa shape index (κ2) is 9.47. The number of nitrogens with zero attached hydrogens (tertiary/aromatic N) is 1. The van der Waals surface area contributed by atoms with Crippen LogP contribution in [0.25, 0.3) is 22.2 Å². The average Bonchev–Trinajstić information content (AvgIpc) is 3.64. The van der Waals surface area contributed by atoms with Gasteiger partial charge < -0.3 is 19.6 Å². The molecule has 37 heavy (non-hydrogen) atoms. The van der Waals surface area contributed by atoms with Crippen LogP contribution in [-0.4, -0.2) is 28.2 Å². The van der Waals surface area contributed by atoms with E-state index in [1.54, 1.807) is 12.3 Å². The van der Waals surface area contributed by atoms with Crippen molar-refractivity contribution >= 4 is 22.7 Å². The molecule has 0 saturated carbocycles. The summed E-state index contributed by atoms with van der Waals surface area (Å²) in [7, 11) is 0. The molecule has 2 amide bonds. The Balaban J connectivity index is 1.39. The standard InChI is InChI=1S/C31H27N3O3/c1-20-12-14-21(15-13-20)29-28(25-10-4-5-11-26(25)33-29)30-23-8-2-3-9-24(23)31(36)34(30)17-16-27(35)32-19-22-7-6-18-37-22/h2-15,18,30,33H,16-17,19H2,1H3,(H,32,35)/t30-/m0/s1. The first kappa shape index (κ1) is 22.9. The number of carbonyl (C=O) groups is 2. The molecule has 6 heteroatoms. The van der Waals surface area contributed by atoms with Crippen LogP contribution in [0.5, 0.6) is 0 Å². The van der Waals surface area contributed by atoms with Crippen LogP contribution in [0.4, 0.5) is 0 Å². The van der Waals surface area contributed by atoms with E-state index in [9.17, 15) is 9.59 Å². The third kappa shape index (κ3) is 4.20. The van der Waals surface area contributed by atoms with Crippen molar-refractivity contribution in [1.82, 2.24) is 15.2 Å². The van der Waals surface area contributed by atoms with Gasteiger partial charge in [0, 0.05) is 35.0 Å². The molecule has 1 atom stereocenters. The minimum atomic E-state index is -0.311. The van der Waals surface area contributed by atoms with E-state index >= 15 is 0 Å². The molecule has 2 aromatic heterocycles. The number of aromatic amines is 1. The summed E-state index contributed by atoms with van der Waals surface area (Å²) >= 11 is 0. The molecule has 5 aromatic rings. The fourth-order valence-corrected chi connectivity index (χ4v) is 5.22. The van der Waals surface area contributed by atoms with Crippen molar-refractivity contribution in [3.05, 3.63) is 119 Å². The van der Waals surface area contributed by atoms with E-state index in [0.717, 1.165) is 33.3 Å². The Labute approximate surface area is 214 Å².